The Kier molecular flexibility index (Phi) is 2.47. The van der Waals surface area contributed by atoms with E-state index in [1.165, 1.54) is 0 Å². The first-order chi connectivity index (χ1) is 7.13. The van der Waals surface area contributed by atoms with Crippen LogP contribution in [0.4, 0.5) is 4.39 Å². The van der Waals surface area contributed by atoms with Gasteiger partial charge in [-0.05, 0) is 18.9 Å². The average molecular weight is 207 g/mol. The topological polar surface area (TPSA) is 29.1 Å². The Balaban J connectivity index is 1.87. The minimum absolute atomic E-state index is 0.182. The minimum Gasteiger partial charge on any atom is -0.351 e. The fraction of sp³-hybridized carbons (Fsp3) is 0.417. The van der Waals surface area contributed by atoms with Crippen molar-refractivity contribution in [3.63, 3.8) is 0 Å². The van der Waals surface area contributed by atoms with Gasteiger partial charge < -0.3 is 5.32 Å². The fourth-order valence-electron chi connectivity index (χ4n) is 1.53. The first-order valence-electron chi connectivity index (χ1n) is 5.09. The van der Waals surface area contributed by atoms with Gasteiger partial charge in [-0.1, -0.05) is 30.3 Å². The lowest BCUT2D eigenvalue weighted by molar-refractivity contribution is -0.126. The number of carbonyl (C=O) groups excluding carboxylic acids is 1. The lowest BCUT2D eigenvalue weighted by Gasteiger charge is -2.09. The van der Waals surface area contributed by atoms with Crippen molar-refractivity contribution in [2.75, 3.05) is 0 Å². The SMILES string of the molecule is CC1(C(=O)NCc2ccccc2)CC1F. The average Bonchev–Trinajstić information content (AvgIpc) is 2.86. The molecule has 2 atom stereocenters. The van der Waals surface area contributed by atoms with E-state index in [4.69, 9.17) is 0 Å². The van der Waals surface area contributed by atoms with E-state index in [1.807, 2.05) is 30.3 Å². The molecule has 1 aromatic rings. The molecule has 0 aromatic heterocycles. The molecule has 0 aliphatic heterocycles. The molecule has 1 aromatic carbocycles. The first-order valence-corrected chi connectivity index (χ1v) is 5.09. The van der Waals surface area contributed by atoms with Gasteiger partial charge in [-0.15, -0.1) is 0 Å². The predicted octanol–water partition coefficient (Wildman–Crippen LogP) is 2.05. The molecule has 1 N–H and O–H groups in total. The molecule has 0 radical (unpaired) electrons. The highest BCUT2D eigenvalue weighted by molar-refractivity contribution is 5.86. The predicted molar refractivity (Wildman–Crippen MR) is 55.9 cm³/mol. The van der Waals surface area contributed by atoms with Crippen LogP contribution in [0.15, 0.2) is 30.3 Å². The normalized spacial score (nSPS) is 28.5. The standard InChI is InChI=1S/C12H14FNO/c1-12(7-10(12)13)11(15)14-8-9-5-3-2-4-6-9/h2-6,10H,7-8H2,1H3,(H,14,15). The van der Waals surface area contributed by atoms with Gasteiger partial charge in [0.05, 0.1) is 5.41 Å². The molecular weight excluding hydrogens is 193 g/mol. The smallest absolute Gasteiger partial charge is 0.229 e. The van der Waals surface area contributed by atoms with Crippen LogP contribution in [-0.4, -0.2) is 12.1 Å². The van der Waals surface area contributed by atoms with Crippen molar-refractivity contribution in [1.82, 2.24) is 5.32 Å². The van der Waals surface area contributed by atoms with Crippen molar-refractivity contribution >= 4 is 5.91 Å². The van der Waals surface area contributed by atoms with Gasteiger partial charge in [-0.2, -0.15) is 0 Å². The van der Waals surface area contributed by atoms with E-state index in [-0.39, 0.29) is 5.91 Å². The molecule has 0 bridgehead atoms. The van der Waals surface area contributed by atoms with E-state index in [0.29, 0.717) is 13.0 Å². The van der Waals surface area contributed by atoms with Gasteiger partial charge in [0.1, 0.15) is 6.17 Å². The maximum atomic E-state index is 12.9. The molecule has 0 saturated heterocycles. The number of rotatable bonds is 3. The summed E-state index contributed by atoms with van der Waals surface area (Å²) in [5, 5.41) is 2.75. The highest BCUT2D eigenvalue weighted by Gasteiger charge is 2.57. The van der Waals surface area contributed by atoms with Crippen LogP contribution in [0, 0.1) is 5.41 Å². The number of hydrogen-bond donors (Lipinski definition) is 1. The first kappa shape index (κ1) is 10.1. The Morgan fingerprint density at radius 1 is 1.53 bits per heavy atom. The van der Waals surface area contributed by atoms with Crippen LogP contribution in [0.1, 0.15) is 18.9 Å². The van der Waals surface area contributed by atoms with E-state index in [1.54, 1.807) is 6.92 Å². The molecule has 2 rings (SSSR count). The zero-order valence-corrected chi connectivity index (χ0v) is 8.66. The molecule has 1 fully saturated rings. The van der Waals surface area contributed by atoms with Crippen molar-refractivity contribution in [3.8, 4) is 0 Å². The minimum atomic E-state index is -0.965. The number of amides is 1. The molecule has 15 heavy (non-hydrogen) atoms. The van der Waals surface area contributed by atoms with Crippen molar-refractivity contribution in [2.24, 2.45) is 5.41 Å². The van der Waals surface area contributed by atoms with Gasteiger partial charge in [0, 0.05) is 6.54 Å². The maximum Gasteiger partial charge on any atom is 0.229 e. The maximum absolute atomic E-state index is 12.9. The third kappa shape index (κ3) is 2.01. The summed E-state index contributed by atoms with van der Waals surface area (Å²) in [4.78, 5) is 11.6. The largest absolute Gasteiger partial charge is 0.351 e. The Morgan fingerprint density at radius 2 is 2.13 bits per heavy atom. The number of hydrogen-bond acceptors (Lipinski definition) is 1. The van der Waals surface area contributed by atoms with Crippen molar-refractivity contribution in [2.45, 2.75) is 26.1 Å². The van der Waals surface area contributed by atoms with Gasteiger partial charge >= 0.3 is 0 Å². The molecule has 2 nitrogen and oxygen atoms in total. The van der Waals surface area contributed by atoms with Crippen molar-refractivity contribution < 1.29 is 9.18 Å². The van der Waals surface area contributed by atoms with E-state index in [0.717, 1.165) is 5.56 Å². The third-order valence-corrected chi connectivity index (χ3v) is 2.95. The zero-order valence-electron chi connectivity index (χ0n) is 8.66. The Hall–Kier alpha value is -1.38. The number of benzene rings is 1. The van der Waals surface area contributed by atoms with Crippen molar-refractivity contribution in [1.29, 1.82) is 0 Å². The van der Waals surface area contributed by atoms with Crippen LogP contribution < -0.4 is 5.32 Å². The summed E-state index contributed by atoms with van der Waals surface area (Å²) in [5.41, 5.74) is 0.264. The number of carbonyl (C=O) groups is 1. The second-order valence-corrected chi connectivity index (χ2v) is 4.26. The molecule has 3 heteroatoms. The molecule has 2 unspecified atom stereocenters. The van der Waals surface area contributed by atoms with Crippen LogP contribution in [0.25, 0.3) is 0 Å². The lowest BCUT2D eigenvalue weighted by Crippen LogP contribution is -2.31. The Bertz CT molecular complexity index is 365. The monoisotopic (exact) mass is 207 g/mol. The highest BCUT2D eigenvalue weighted by atomic mass is 19.1. The summed E-state index contributed by atoms with van der Waals surface area (Å²) in [6.07, 6.45) is -0.610. The number of nitrogens with one attached hydrogen (secondary N) is 1. The Labute approximate surface area is 88.5 Å². The van der Waals surface area contributed by atoms with Gasteiger partial charge in [0.2, 0.25) is 5.91 Å². The summed E-state index contributed by atoms with van der Waals surface area (Å²) in [6.45, 7) is 2.14. The fourth-order valence-corrected chi connectivity index (χ4v) is 1.53. The second kappa shape index (κ2) is 3.65. The lowest BCUT2D eigenvalue weighted by atomic mass is 10.1. The molecule has 80 valence electrons. The zero-order chi connectivity index (χ0) is 10.9. The highest BCUT2D eigenvalue weighted by Crippen LogP contribution is 2.48. The third-order valence-electron chi connectivity index (χ3n) is 2.95. The van der Waals surface area contributed by atoms with Crippen LogP contribution in [0.2, 0.25) is 0 Å². The molecule has 1 amide bonds. The van der Waals surface area contributed by atoms with Crippen molar-refractivity contribution in [3.05, 3.63) is 35.9 Å². The summed E-state index contributed by atoms with van der Waals surface area (Å²) in [6, 6.07) is 9.62. The molecule has 0 heterocycles. The van der Waals surface area contributed by atoms with Gasteiger partial charge in [0.15, 0.2) is 0 Å². The van der Waals surface area contributed by atoms with E-state index in [9.17, 15) is 9.18 Å². The van der Waals surface area contributed by atoms with Crippen LogP contribution in [0.5, 0.6) is 0 Å². The van der Waals surface area contributed by atoms with E-state index < -0.39 is 11.6 Å². The number of halogens is 1. The summed E-state index contributed by atoms with van der Waals surface area (Å²) < 4.78 is 12.9. The summed E-state index contributed by atoms with van der Waals surface area (Å²) in [7, 11) is 0. The van der Waals surface area contributed by atoms with Crippen LogP contribution in [0.3, 0.4) is 0 Å². The van der Waals surface area contributed by atoms with Gasteiger partial charge in [-0.25, -0.2) is 4.39 Å². The second-order valence-electron chi connectivity index (χ2n) is 4.26. The molecule has 1 saturated carbocycles. The molecule has 1 aliphatic carbocycles. The molecular formula is C12H14FNO. The summed E-state index contributed by atoms with van der Waals surface area (Å²) >= 11 is 0. The van der Waals surface area contributed by atoms with E-state index in [2.05, 4.69) is 5.32 Å². The van der Waals surface area contributed by atoms with Crippen LogP contribution >= 0.6 is 0 Å². The quantitative estimate of drug-likeness (QED) is 0.807. The molecule has 0 spiro atoms. The molecule has 1 aliphatic rings. The Morgan fingerprint density at radius 3 is 2.67 bits per heavy atom. The van der Waals surface area contributed by atoms with Gasteiger partial charge in [-0.3, -0.25) is 4.79 Å². The van der Waals surface area contributed by atoms with Gasteiger partial charge in [0.25, 0.3) is 0 Å². The van der Waals surface area contributed by atoms with E-state index >= 15 is 0 Å². The number of alkyl halides is 1. The van der Waals surface area contributed by atoms with Crippen LogP contribution in [-0.2, 0) is 11.3 Å². The summed E-state index contributed by atoms with van der Waals surface area (Å²) in [5.74, 6) is -0.182.